The molecule has 3 heterocycles. The molecule has 0 saturated heterocycles. The van der Waals surface area contributed by atoms with Crippen LogP contribution in [0.2, 0.25) is 0 Å². The Balaban J connectivity index is 1.44. The number of halogens is 3. The van der Waals surface area contributed by atoms with Crippen molar-refractivity contribution in [2.75, 3.05) is 6.61 Å². The van der Waals surface area contributed by atoms with Crippen molar-refractivity contribution in [1.29, 1.82) is 0 Å². The molecule has 0 aliphatic heterocycles. The van der Waals surface area contributed by atoms with Gasteiger partial charge in [-0.2, -0.15) is 18.3 Å². The van der Waals surface area contributed by atoms with Gasteiger partial charge in [-0.25, -0.2) is 14.2 Å². The summed E-state index contributed by atoms with van der Waals surface area (Å²) in [6, 6.07) is 9.99. The van der Waals surface area contributed by atoms with Crippen molar-refractivity contribution in [3.8, 4) is 5.69 Å². The smallest absolute Gasteiger partial charge is 0.416 e. The number of fused-ring (bicyclic) bond motifs is 1. The fraction of sp³-hybridized carbons (Fsp3) is 0.273. The zero-order chi connectivity index (χ0) is 23.8. The summed E-state index contributed by atoms with van der Waals surface area (Å²) < 4.78 is 48.4. The maximum Gasteiger partial charge on any atom is 0.416 e. The third kappa shape index (κ3) is 4.52. The van der Waals surface area contributed by atoms with E-state index in [0.29, 0.717) is 22.6 Å². The second-order valence-corrected chi connectivity index (χ2v) is 7.44. The monoisotopic (exact) mass is 459 g/mol. The van der Waals surface area contributed by atoms with Crippen LogP contribution in [0.15, 0.2) is 53.5 Å². The van der Waals surface area contributed by atoms with E-state index < -0.39 is 17.7 Å². The molecule has 11 heteroatoms. The van der Waals surface area contributed by atoms with Gasteiger partial charge in [0.25, 0.3) is 0 Å². The van der Waals surface area contributed by atoms with Crippen molar-refractivity contribution < 1.29 is 22.7 Å². The van der Waals surface area contributed by atoms with Crippen LogP contribution in [0, 0.1) is 13.8 Å². The van der Waals surface area contributed by atoms with Crippen molar-refractivity contribution in [3.05, 3.63) is 81.7 Å². The molecule has 4 rings (SSSR count). The molecular formula is C22H20F3N5O3. The van der Waals surface area contributed by atoms with Gasteiger partial charge in [0, 0.05) is 17.5 Å². The van der Waals surface area contributed by atoms with Crippen LogP contribution in [0.3, 0.4) is 0 Å². The van der Waals surface area contributed by atoms with Crippen LogP contribution < -0.4 is 5.69 Å². The number of ether oxygens (including phenoxy) is 1. The van der Waals surface area contributed by atoms with E-state index in [0.717, 1.165) is 12.1 Å². The molecule has 0 bridgehead atoms. The van der Waals surface area contributed by atoms with Gasteiger partial charge in [-0.1, -0.05) is 12.1 Å². The lowest BCUT2D eigenvalue weighted by molar-refractivity contribution is -0.143. The van der Waals surface area contributed by atoms with E-state index in [-0.39, 0.29) is 30.9 Å². The minimum atomic E-state index is -4.47. The van der Waals surface area contributed by atoms with Gasteiger partial charge in [0.2, 0.25) is 0 Å². The Morgan fingerprint density at radius 1 is 1.09 bits per heavy atom. The Kier molecular flexibility index (Phi) is 5.79. The Hall–Kier alpha value is -3.89. The molecule has 0 spiro atoms. The van der Waals surface area contributed by atoms with Crippen molar-refractivity contribution in [2.45, 2.75) is 33.0 Å². The number of hydrogen-bond donors (Lipinski definition) is 0. The molecule has 0 radical (unpaired) electrons. The van der Waals surface area contributed by atoms with Crippen molar-refractivity contribution >= 4 is 11.6 Å². The zero-order valence-corrected chi connectivity index (χ0v) is 17.8. The summed E-state index contributed by atoms with van der Waals surface area (Å²) in [6.45, 7) is 3.39. The number of pyridine rings is 1. The molecule has 33 heavy (non-hydrogen) atoms. The third-order valence-corrected chi connectivity index (χ3v) is 5.23. The van der Waals surface area contributed by atoms with Crippen LogP contribution in [0.4, 0.5) is 13.2 Å². The Morgan fingerprint density at radius 3 is 2.61 bits per heavy atom. The summed E-state index contributed by atoms with van der Waals surface area (Å²) in [5, 5.41) is 8.47. The van der Waals surface area contributed by atoms with Gasteiger partial charge in [-0.3, -0.25) is 9.20 Å². The number of aryl methyl sites for hydroxylation is 1. The lowest BCUT2D eigenvalue weighted by atomic mass is 10.1. The first kappa shape index (κ1) is 22.3. The van der Waals surface area contributed by atoms with Gasteiger partial charge in [0.05, 0.1) is 29.9 Å². The van der Waals surface area contributed by atoms with E-state index in [1.165, 1.54) is 25.9 Å². The number of alkyl halides is 3. The minimum absolute atomic E-state index is 0.0531. The number of nitrogens with zero attached hydrogens (tertiary/aromatic N) is 5. The van der Waals surface area contributed by atoms with Gasteiger partial charge in [-0.15, -0.1) is 5.10 Å². The quantitative estimate of drug-likeness (QED) is 0.414. The lowest BCUT2D eigenvalue weighted by Crippen LogP contribution is -2.24. The van der Waals surface area contributed by atoms with Crippen LogP contribution in [0.1, 0.15) is 22.5 Å². The SMILES string of the molecule is Cc1nn(-c2cccc(C(F)(F)F)c2)c(C)c1CC(=O)OCCn1nc2ccccn2c1=O. The predicted molar refractivity (Wildman–Crippen MR) is 112 cm³/mol. The molecule has 0 aliphatic rings. The number of hydrogen-bond acceptors (Lipinski definition) is 5. The van der Waals surface area contributed by atoms with E-state index in [2.05, 4.69) is 10.2 Å². The topological polar surface area (TPSA) is 83.4 Å². The molecule has 172 valence electrons. The van der Waals surface area contributed by atoms with Gasteiger partial charge in [0.1, 0.15) is 6.61 Å². The standard InChI is InChI=1S/C22H20F3N5O3/c1-14-18(15(2)30(26-14)17-7-5-6-16(12-17)22(23,24)25)13-20(31)33-11-10-29-21(32)28-9-4-3-8-19(28)27-29/h3-9,12H,10-11,13H2,1-2H3. The van der Waals surface area contributed by atoms with Crippen molar-refractivity contribution in [2.24, 2.45) is 0 Å². The highest BCUT2D eigenvalue weighted by Crippen LogP contribution is 2.31. The third-order valence-electron chi connectivity index (χ3n) is 5.23. The molecule has 0 amide bonds. The minimum Gasteiger partial charge on any atom is -0.463 e. The second-order valence-electron chi connectivity index (χ2n) is 7.44. The molecule has 0 N–H and O–H groups in total. The summed E-state index contributed by atoms with van der Waals surface area (Å²) in [7, 11) is 0. The van der Waals surface area contributed by atoms with E-state index in [1.54, 1.807) is 38.2 Å². The summed E-state index contributed by atoms with van der Waals surface area (Å²) in [6.07, 6.45) is -2.97. The van der Waals surface area contributed by atoms with E-state index in [9.17, 15) is 22.8 Å². The van der Waals surface area contributed by atoms with E-state index >= 15 is 0 Å². The Morgan fingerprint density at radius 2 is 1.88 bits per heavy atom. The summed E-state index contributed by atoms with van der Waals surface area (Å²) in [5.41, 5.74) is 1.24. The van der Waals surface area contributed by atoms with Crippen molar-refractivity contribution in [3.63, 3.8) is 0 Å². The first-order valence-corrected chi connectivity index (χ1v) is 10.1. The number of carbonyl (C=O) groups excluding carboxylic acids is 1. The Labute approximate surface area is 185 Å². The van der Waals surface area contributed by atoms with Gasteiger partial charge in [-0.05, 0) is 44.2 Å². The highest BCUT2D eigenvalue weighted by Gasteiger charge is 2.30. The number of aromatic nitrogens is 5. The molecule has 0 atom stereocenters. The summed E-state index contributed by atoms with van der Waals surface area (Å²) in [5.74, 6) is -0.540. The van der Waals surface area contributed by atoms with Gasteiger partial charge >= 0.3 is 17.8 Å². The molecule has 0 saturated carbocycles. The molecule has 1 aromatic carbocycles. The number of benzene rings is 1. The molecule has 0 unspecified atom stereocenters. The van der Waals surface area contributed by atoms with Crippen LogP contribution >= 0.6 is 0 Å². The Bertz CT molecular complexity index is 1380. The molecule has 8 nitrogen and oxygen atoms in total. The maximum absolute atomic E-state index is 13.0. The highest BCUT2D eigenvalue weighted by atomic mass is 19.4. The first-order chi connectivity index (χ1) is 15.6. The fourth-order valence-electron chi connectivity index (χ4n) is 3.55. The average molecular weight is 459 g/mol. The van der Waals surface area contributed by atoms with Gasteiger partial charge < -0.3 is 4.74 Å². The maximum atomic E-state index is 13.0. The normalized spacial score (nSPS) is 11.8. The summed E-state index contributed by atoms with van der Waals surface area (Å²) >= 11 is 0. The fourth-order valence-corrected chi connectivity index (χ4v) is 3.55. The van der Waals surface area contributed by atoms with E-state index in [4.69, 9.17) is 4.74 Å². The van der Waals surface area contributed by atoms with Crippen LogP contribution in [-0.2, 0) is 28.7 Å². The highest BCUT2D eigenvalue weighted by molar-refractivity contribution is 5.73. The van der Waals surface area contributed by atoms with Crippen LogP contribution in [0.5, 0.6) is 0 Å². The largest absolute Gasteiger partial charge is 0.463 e. The molecule has 0 aliphatic carbocycles. The van der Waals surface area contributed by atoms with E-state index in [1.807, 2.05) is 0 Å². The molecule has 4 aromatic rings. The number of carbonyl (C=O) groups is 1. The lowest BCUT2D eigenvalue weighted by Gasteiger charge is -2.10. The molecular weight excluding hydrogens is 439 g/mol. The van der Waals surface area contributed by atoms with Crippen LogP contribution in [-0.4, -0.2) is 36.5 Å². The second kappa shape index (κ2) is 8.57. The van der Waals surface area contributed by atoms with Crippen molar-refractivity contribution in [1.82, 2.24) is 24.0 Å². The van der Waals surface area contributed by atoms with Gasteiger partial charge in [0.15, 0.2) is 5.65 Å². The predicted octanol–water partition coefficient (Wildman–Crippen LogP) is 3.10. The average Bonchev–Trinajstić information content (AvgIpc) is 3.24. The molecule has 3 aromatic heterocycles. The first-order valence-electron chi connectivity index (χ1n) is 10.1. The number of esters is 1. The number of rotatable bonds is 6. The molecule has 0 fully saturated rings. The zero-order valence-electron chi connectivity index (χ0n) is 17.8. The van der Waals surface area contributed by atoms with Crippen LogP contribution in [0.25, 0.3) is 11.3 Å². The summed E-state index contributed by atoms with van der Waals surface area (Å²) in [4.78, 5) is 24.6.